The van der Waals surface area contributed by atoms with Crippen LogP contribution in [0.3, 0.4) is 0 Å². The number of hydrogen-bond donors (Lipinski definition) is 1. The Morgan fingerprint density at radius 2 is 2.00 bits per heavy atom. The van der Waals surface area contributed by atoms with Gasteiger partial charge >= 0.3 is 0 Å². The summed E-state index contributed by atoms with van der Waals surface area (Å²) in [6, 6.07) is 0.433. The first-order chi connectivity index (χ1) is 16.0. The molecule has 180 valence electrons. The fourth-order valence-electron chi connectivity index (χ4n) is 5.95. The first kappa shape index (κ1) is 23.0. The molecule has 1 saturated heterocycles. The largest absolute Gasteiger partial charge is 0.474 e. The van der Waals surface area contributed by atoms with Gasteiger partial charge in [-0.3, -0.25) is 9.69 Å². The van der Waals surface area contributed by atoms with Crippen LogP contribution in [0.5, 0.6) is 5.88 Å². The van der Waals surface area contributed by atoms with Crippen LogP contribution in [0.1, 0.15) is 74.6 Å². The first-order valence-electron chi connectivity index (χ1n) is 12.6. The fraction of sp³-hybridized carbons (Fsp3) is 0.720. The quantitative estimate of drug-likeness (QED) is 0.661. The van der Waals surface area contributed by atoms with Gasteiger partial charge in [-0.2, -0.15) is 0 Å². The van der Waals surface area contributed by atoms with E-state index in [1.807, 2.05) is 11.8 Å². The molecule has 1 aliphatic heterocycles. The summed E-state index contributed by atoms with van der Waals surface area (Å²) in [4.78, 5) is 28.2. The van der Waals surface area contributed by atoms with Crippen molar-refractivity contribution in [3.05, 3.63) is 16.8 Å². The number of aryl methyl sites for hydroxylation is 1. The van der Waals surface area contributed by atoms with Crippen LogP contribution in [0.15, 0.2) is 6.33 Å². The van der Waals surface area contributed by atoms with Crippen LogP contribution < -0.4 is 4.74 Å². The van der Waals surface area contributed by atoms with Gasteiger partial charge in [-0.15, -0.1) is 11.3 Å². The van der Waals surface area contributed by atoms with Crippen LogP contribution in [0, 0.1) is 0 Å². The van der Waals surface area contributed by atoms with Crippen LogP contribution in [-0.4, -0.2) is 75.7 Å². The number of ether oxygens (including phenoxy) is 1. The van der Waals surface area contributed by atoms with E-state index in [0.717, 1.165) is 87.0 Å². The molecular weight excluding hydrogens is 436 g/mol. The van der Waals surface area contributed by atoms with Gasteiger partial charge in [0, 0.05) is 24.0 Å². The molecule has 3 heterocycles. The zero-order chi connectivity index (χ0) is 22.9. The second-order valence-electron chi connectivity index (χ2n) is 10.2. The fourth-order valence-corrected chi connectivity index (χ4v) is 7.18. The molecule has 2 fully saturated rings. The van der Waals surface area contributed by atoms with Crippen molar-refractivity contribution in [3.8, 4) is 5.88 Å². The van der Waals surface area contributed by atoms with Gasteiger partial charge in [0.05, 0.1) is 18.0 Å². The molecule has 2 aromatic heterocycles. The molecule has 0 aromatic carbocycles. The number of nitrogens with zero attached hydrogens (tertiary/aromatic N) is 4. The highest BCUT2D eigenvalue weighted by molar-refractivity contribution is 7.19. The van der Waals surface area contributed by atoms with Crippen molar-refractivity contribution in [2.24, 2.45) is 0 Å². The first-order valence-corrected chi connectivity index (χ1v) is 13.4. The van der Waals surface area contributed by atoms with Crippen molar-refractivity contribution < 1.29 is 14.6 Å². The van der Waals surface area contributed by atoms with Crippen molar-refractivity contribution in [2.75, 3.05) is 26.7 Å². The highest BCUT2D eigenvalue weighted by Crippen LogP contribution is 2.47. The van der Waals surface area contributed by atoms with E-state index in [9.17, 15) is 9.90 Å². The lowest BCUT2D eigenvalue weighted by molar-refractivity contribution is -0.131. The Labute approximate surface area is 200 Å². The topological polar surface area (TPSA) is 78.8 Å². The predicted octanol–water partition coefficient (Wildman–Crippen LogP) is 3.74. The summed E-state index contributed by atoms with van der Waals surface area (Å²) in [7, 11) is 2.09. The van der Waals surface area contributed by atoms with Crippen LogP contribution >= 0.6 is 11.3 Å². The van der Waals surface area contributed by atoms with E-state index in [4.69, 9.17) is 4.74 Å². The van der Waals surface area contributed by atoms with Gasteiger partial charge in [0.25, 0.3) is 0 Å². The van der Waals surface area contributed by atoms with Gasteiger partial charge in [-0.05, 0) is 83.2 Å². The van der Waals surface area contributed by atoms with Crippen molar-refractivity contribution in [3.63, 3.8) is 0 Å². The summed E-state index contributed by atoms with van der Waals surface area (Å²) in [5.74, 6) is 1.35. The number of fused-ring (bicyclic) bond motifs is 3. The molecule has 2 atom stereocenters. The maximum atomic E-state index is 12.5. The Kier molecular flexibility index (Phi) is 6.86. The number of hydrogen-bond acceptors (Lipinski definition) is 7. The second kappa shape index (κ2) is 9.84. The van der Waals surface area contributed by atoms with Crippen molar-refractivity contribution in [1.82, 2.24) is 19.8 Å². The third-order valence-corrected chi connectivity index (χ3v) is 8.88. The molecule has 0 radical (unpaired) electrons. The zero-order valence-electron chi connectivity index (χ0n) is 19.8. The normalized spacial score (nSPS) is 26.2. The third kappa shape index (κ3) is 4.88. The Hall–Kier alpha value is -1.77. The molecule has 7 nitrogen and oxygen atoms in total. The number of likely N-dealkylation sites (N-methyl/N-ethyl adjacent to an activating group) is 1. The van der Waals surface area contributed by atoms with Crippen molar-refractivity contribution in [2.45, 2.75) is 88.9 Å². The molecule has 2 aromatic rings. The van der Waals surface area contributed by atoms with E-state index in [1.165, 1.54) is 10.4 Å². The molecule has 1 N–H and O–H groups in total. The number of aromatic nitrogens is 2. The SMILES string of the molecule is C[C@H](O)C[C@H]1CCc2sc3ncnc(OC4CCC(N(C)CC(=O)N5CCCC5)CC4)c3c21. The average molecular weight is 473 g/mol. The summed E-state index contributed by atoms with van der Waals surface area (Å²) >= 11 is 1.76. The smallest absolute Gasteiger partial charge is 0.236 e. The number of likely N-dealkylation sites (tertiary alicyclic amines) is 1. The minimum Gasteiger partial charge on any atom is -0.474 e. The van der Waals surface area contributed by atoms with E-state index in [-0.39, 0.29) is 18.1 Å². The standard InChI is InChI=1S/C25H36N4O3S/c1-16(30)13-17-5-10-20-22(17)23-24(26-15-27-25(23)33-20)32-19-8-6-18(7-9-19)28(2)14-21(31)29-11-3-4-12-29/h15-19,30H,3-14H2,1-2H3/t16-,17+,18?,19?/m0/s1. The predicted molar refractivity (Wildman–Crippen MR) is 130 cm³/mol. The Bertz CT molecular complexity index is 979. The highest BCUT2D eigenvalue weighted by atomic mass is 32.1. The number of thiophene rings is 1. The minimum absolute atomic E-state index is 0.147. The van der Waals surface area contributed by atoms with Gasteiger partial charge < -0.3 is 14.7 Å². The Morgan fingerprint density at radius 3 is 2.73 bits per heavy atom. The number of aliphatic hydroxyl groups excluding tert-OH is 1. The monoisotopic (exact) mass is 472 g/mol. The molecule has 0 spiro atoms. The van der Waals surface area contributed by atoms with Gasteiger partial charge in [-0.25, -0.2) is 9.97 Å². The van der Waals surface area contributed by atoms with E-state index in [2.05, 4.69) is 21.9 Å². The summed E-state index contributed by atoms with van der Waals surface area (Å²) in [5, 5.41) is 11.1. The number of carbonyl (C=O) groups excluding carboxylic acids is 1. The number of rotatable bonds is 7. The van der Waals surface area contributed by atoms with E-state index in [0.29, 0.717) is 18.5 Å². The van der Waals surface area contributed by atoms with Crippen LogP contribution in [-0.2, 0) is 11.2 Å². The number of carbonyl (C=O) groups is 1. The number of aliphatic hydroxyl groups is 1. The average Bonchev–Trinajstić information content (AvgIpc) is 3.52. The molecule has 3 aliphatic rings. The summed E-state index contributed by atoms with van der Waals surface area (Å²) < 4.78 is 6.50. The Morgan fingerprint density at radius 1 is 1.24 bits per heavy atom. The molecule has 5 rings (SSSR count). The maximum absolute atomic E-state index is 12.5. The van der Waals surface area contributed by atoms with E-state index >= 15 is 0 Å². The van der Waals surface area contributed by atoms with Crippen molar-refractivity contribution >= 4 is 27.5 Å². The molecule has 2 aliphatic carbocycles. The third-order valence-electron chi connectivity index (χ3n) is 7.71. The minimum atomic E-state index is -0.311. The van der Waals surface area contributed by atoms with Crippen molar-refractivity contribution in [1.29, 1.82) is 0 Å². The van der Waals surface area contributed by atoms with E-state index < -0.39 is 0 Å². The molecule has 0 bridgehead atoms. The lowest BCUT2D eigenvalue weighted by Gasteiger charge is -2.35. The summed E-state index contributed by atoms with van der Waals surface area (Å²) in [6.45, 7) is 4.24. The maximum Gasteiger partial charge on any atom is 0.236 e. The van der Waals surface area contributed by atoms with Crippen LogP contribution in [0.4, 0.5) is 0 Å². The van der Waals surface area contributed by atoms with Crippen LogP contribution in [0.25, 0.3) is 10.2 Å². The van der Waals surface area contributed by atoms with Crippen LogP contribution in [0.2, 0.25) is 0 Å². The Balaban J connectivity index is 1.22. The summed E-state index contributed by atoms with van der Waals surface area (Å²) in [5.41, 5.74) is 1.32. The van der Waals surface area contributed by atoms with Gasteiger partial charge in [0.2, 0.25) is 11.8 Å². The molecule has 1 saturated carbocycles. The molecule has 1 amide bonds. The molecule has 33 heavy (non-hydrogen) atoms. The number of amides is 1. The highest BCUT2D eigenvalue weighted by Gasteiger charge is 2.32. The second-order valence-corrected chi connectivity index (χ2v) is 11.3. The molecule has 8 heteroatoms. The lowest BCUT2D eigenvalue weighted by atomic mass is 9.92. The van der Waals surface area contributed by atoms with Gasteiger partial charge in [-0.1, -0.05) is 0 Å². The zero-order valence-corrected chi connectivity index (χ0v) is 20.6. The van der Waals surface area contributed by atoms with Gasteiger partial charge in [0.1, 0.15) is 17.3 Å². The van der Waals surface area contributed by atoms with E-state index in [1.54, 1.807) is 17.7 Å². The summed E-state index contributed by atoms with van der Waals surface area (Å²) in [6.07, 6.45) is 10.7. The molecular formula is C25H36N4O3S. The van der Waals surface area contributed by atoms with Gasteiger partial charge in [0.15, 0.2) is 0 Å². The lowest BCUT2D eigenvalue weighted by Crippen LogP contribution is -2.44. The molecule has 0 unspecified atom stereocenters.